The van der Waals surface area contributed by atoms with Crippen LogP contribution in [0.2, 0.25) is 0 Å². The minimum absolute atomic E-state index is 0.129. The van der Waals surface area contributed by atoms with Gasteiger partial charge in [-0.3, -0.25) is 0 Å². The van der Waals surface area contributed by atoms with Crippen molar-refractivity contribution in [3.8, 4) is 0 Å². The number of nitrogens with zero attached hydrogens (tertiary/aromatic N) is 2. The molecule has 2 aliphatic heterocycles. The summed E-state index contributed by atoms with van der Waals surface area (Å²) in [4.78, 5) is 2.12. The molecule has 0 N–H and O–H groups in total. The van der Waals surface area contributed by atoms with Crippen molar-refractivity contribution in [3.63, 3.8) is 0 Å². The topological polar surface area (TPSA) is 40.6 Å². The lowest BCUT2D eigenvalue weighted by Crippen LogP contribution is -2.49. The number of rotatable bonds is 2. The summed E-state index contributed by atoms with van der Waals surface area (Å²) < 4.78 is 26.7. The van der Waals surface area contributed by atoms with E-state index in [0.29, 0.717) is 6.54 Å². The Balaban J connectivity index is 1.95. The molecule has 0 aromatic heterocycles. The Morgan fingerprint density at radius 1 is 1.04 bits per heavy atom. The minimum atomic E-state index is -3.29. The summed E-state index contributed by atoms with van der Waals surface area (Å²) in [5, 5.41) is 0. The highest BCUT2D eigenvalue weighted by atomic mass is 32.2. The lowest BCUT2D eigenvalue weighted by atomic mass is 9.71. The SMILES string of the molecule is CN1c2ccccc2[C@]2(C)[C@@H](c3ccccc3)CN(S(C)(=O)=O)[C@H]12. The highest BCUT2D eigenvalue weighted by Crippen LogP contribution is 2.57. The fourth-order valence-corrected chi connectivity index (χ4v) is 5.84. The average Bonchev–Trinajstić information content (AvgIpc) is 2.99. The second kappa shape index (κ2) is 5.07. The molecule has 0 saturated carbocycles. The van der Waals surface area contributed by atoms with Gasteiger partial charge in [0.05, 0.1) is 6.26 Å². The zero-order chi connectivity index (χ0) is 17.1. The molecule has 5 heteroatoms. The van der Waals surface area contributed by atoms with Crippen LogP contribution in [0.1, 0.15) is 24.0 Å². The summed E-state index contributed by atoms with van der Waals surface area (Å²) in [6.45, 7) is 2.73. The first-order valence-electron chi connectivity index (χ1n) is 8.19. The molecule has 24 heavy (non-hydrogen) atoms. The van der Waals surface area contributed by atoms with E-state index < -0.39 is 10.0 Å². The van der Waals surface area contributed by atoms with Crippen molar-refractivity contribution in [2.75, 3.05) is 24.7 Å². The van der Waals surface area contributed by atoms with Crippen LogP contribution in [0.3, 0.4) is 0 Å². The Morgan fingerprint density at radius 3 is 2.33 bits per heavy atom. The summed E-state index contributed by atoms with van der Waals surface area (Å²) in [6.07, 6.45) is 1.13. The largest absolute Gasteiger partial charge is 0.357 e. The van der Waals surface area contributed by atoms with E-state index in [2.05, 4.69) is 36.1 Å². The molecule has 0 aliphatic carbocycles. The van der Waals surface area contributed by atoms with Crippen LogP contribution in [-0.2, 0) is 15.4 Å². The first-order chi connectivity index (χ1) is 11.3. The fourth-order valence-electron chi connectivity index (χ4n) is 4.69. The van der Waals surface area contributed by atoms with Crippen LogP contribution in [0.15, 0.2) is 54.6 Å². The number of sulfonamides is 1. The molecular formula is C19H22N2O2S. The fraction of sp³-hybridized carbons (Fsp3) is 0.368. The number of fused-ring (bicyclic) bond motifs is 3. The Bertz CT molecular complexity index is 881. The Labute approximate surface area is 143 Å². The van der Waals surface area contributed by atoms with Gasteiger partial charge in [0.2, 0.25) is 10.0 Å². The maximum absolute atomic E-state index is 12.5. The van der Waals surface area contributed by atoms with Crippen LogP contribution in [0.25, 0.3) is 0 Å². The van der Waals surface area contributed by atoms with Gasteiger partial charge >= 0.3 is 0 Å². The van der Waals surface area contributed by atoms with Crippen LogP contribution in [0.4, 0.5) is 5.69 Å². The molecule has 0 bridgehead atoms. The maximum Gasteiger partial charge on any atom is 0.213 e. The van der Waals surface area contributed by atoms with E-state index in [0.717, 1.165) is 5.69 Å². The lowest BCUT2D eigenvalue weighted by Gasteiger charge is -2.35. The van der Waals surface area contributed by atoms with Crippen LogP contribution in [0.5, 0.6) is 0 Å². The van der Waals surface area contributed by atoms with Crippen molar-refractivity contribution >= 4 is 15.7 Å². The second-order valence-electron chi connectivity index (χ2n) is 7.08. The third-order valence-electron chi connectivity index (χ3n) is 5.75. The Hall–Kier alpha value is -1.85. The Morgan fingerprint density at radius 2 is 1.67 bits per heavy atom. The molecule has 1 saturated heterocycles. The Kier molecular flexibility index (Phi) is 3.31. The van der Waals surface area contributed by atoms with Gasteiger partial charge in [-0.25, -0.2) is 8.42 Å². The molecule has 3 atom stereocenters. The molecule has 2 heterocycles. The highest BCUT2D eigenvalue weighted by molar-refractivity contribution is 7.88. The third kappa shape index (κ3) is 1.98. The molecule has 0 spiro atoms. The number of anilines is 1. The second-order valence-corrected chi connectivity index (χ2v) is 9.02. The molecule has 0 unspecified atom stereocenters. The van der Waals surface area contributed by atoms with E-state index in [1.807, 2.05) is 37.4 Å². The van der Waals surface area contributed by atoms with E-state index >= 15 is 0 Å². The molecule has 4 rings (SSSR count). The van der Waals surface area contributed by atoms with Gasteiger partial charge in [-0.05, 0) is 17.2 Å². The quantitative estimate of drug-likeness (QED) is 0.843. The van der Waals surface area contributed by atoms with Gasteiger partial charge in [0.1, 0.15) is 6.17 Å². The number of hydrogen-bond acceptors (Lipinski definition) is 3. The molecule has 0 radical (unpaired) electrons. The van der Waals surface area contributed by atoms with Crippen molar-refractivity contribution in [2.45, 2.75) is 24.4 Å². The summed E-state index contributed by atoms with van der Waals surface area (Å²) >= 11 is 0. The summed E-state index contributed by atoms with van der Waals surface area (Å²) in [5.74, 6) is 0.129. The summed E-state index contributed by atoms with van der Waals surface area (Å²) in [5.41, 5.74) is 3.29. The number of para-hydroxylation sites is 1. The number of benzene rings is 2. The van der Waals surface area contributed by atoms with E-state index in [1.54, 1.807) is 4.31 Å². The normalized spacial score (nSPS) is 29.5. The molecule has 4 nitrogen and oxygen atoms in total. The third-order valence-corrected chi connectivity index (χ3v) is 6.96. The van der Waals surface area contributed by atoms with Crippen LogP contribution >= 0.6 is 0 Å². The van der Waals surface area contributed by atoms with Crippen molar-refractivity contribution in [1.82, 2.24) is 4.31 Å². The zero-order valence-electron chi connectivity index (χ0n) is 14.2. The molecule has 1 fully saturated rings. The summed E-state index contributed by atoms with van der Waals surface area (Å²) in [6, 6.07) is 18.6. The molecule has 0 amide bonds. The average molecular weight is 342 g/mol. The van der Waals surface area contributed by atoms with Crippen LogP contribution in [0, 0.1) is 0 Å². The van der Waals surface area contributed by atoms with Crippen molar-refractivity contribution in [2.24, 2.45) is 0 Å². The molecular weight excluding hydrogens is 320 g/mol. The van der Waals surface area contributed by atoms with E-state index in [-0.39, 0.29) is 17.5 Å². The van der Waals surface area contributed by atoms with Gasteiger partial charge in [0.25, 0.3) is 0 Å². The van der Waals surface area contributed by atoms with Gasteiger partial charge in [0.15, 0.2) is 0 Å². The van der Waals surface area contributed by atoms with Gasteiger partial charge < -0.3 is 4.90 Å². The van der Waals surface area contributed by atoms with E-state index in [9.17, 15) is 8.42 Å². The van der Waals surface area contributed by atoms with E-state index in [4.69, 9.17) is 0 Å². The predicted octanol–water partition coefficient (Wildman–Crippen LogP) is 2.78. The summed E-state index contributed by atoms with van der Waals surface area (Å²) in [7, 11) is -1.29. The van der Waals surface area contributed by atoms with Gasteiger partial charge in [0, 0.05) is 30.6 Å². The van der Waals surface area contributed by atoms with Gasteiger partial charge in [-0.15, -0.1) is 0 Å². The van der Waals surface area contributed by atoms with Crippen LogP contribution in [-0.4, -0.2) is 38.7 Å². The highest BCUT2D eigenvalue weighted by Gasteiger charge is 2.61. The zero-order valence-corrected chi connectivity index (χ0v) is 15.0. The van der Waals surface area contributed by atoms with Crippen molar-refractivity contribution in [3.05, 3.63) is 65.7 Å². The van der Waals surface area contributed by atoms with Crippen molar-refractivity contribution in [1.29, 1.82) is 0 Å². The smallest absolute Gasteiger partial charge is 0.213 e. The lowest BCUT2D eigenvalue weighted by molar-refractivity contribution is 0.325. The predicted molar refractivity (Wildman–Crippen MR) is 96.7 cm³/mol. The molecule has 126 valence electrons. The number of likely N-dealkylation sites (N-methyl/N-ethyl adjacent to an activating group) is 1. The number of hydrogen-bond donors (Lipinski definition) is 0. The molecule has 2 aromatic carbocycles. The van der Waals surface area contributed by atoms with Crippen LogP contribution < -0.4 is 4.90 Å². The van der Waals surface area contributed by atoms with Gasteiger partial charge in [-0.2, -0.15) is 4.31 Å². The first kappa shape index (κ1) is 15.7. The van der Waals surface area contributed by atoms with Gasteiger partial charge in [-0.1, -0.05) is 55.5 Å². The van der Waals surface area contributed by atoms with Crippen molar-refractivity contribution < 1.29 is 8.42 Å². The molecule has 2 aliphatic rings. The first-order valence-corrected chi connectivity index (χ1v) is 10.0. The minimum Gasteiger partial charge on any atom is -0.357 e. The monoisotopic (exact) mass is 342 g/mol. The maximum atomic E-state index is 12.5. The van der Waals surface area contributed by atoms with E-state index in [1.165, 1.54) is 17.4 Å². The molecule has 2 aromatic rings. The standard InChI is InChI=1S/C19H22N2O2S/c1-19-15-11-7-8-12-17(15)20(2)18(19)21(24(3,22)23)13-16(19)14-9-5-4-6-10-14/h4-12,16,18H,13H2,1-3H3/t16-,18+,19-/m1/s1.